The highest BCUT2D eigenvalue weighted by molar-refractivity contribution is 5.67. The van der Waals surface area contributed by atoms with E-state index in [1.54, 1.807) is 13.8 Å². The molecule has 0 spiro atoms. The number of aliphatic hydroxyl groups is 4. The standard InChI is InChI=1S/C13H22O5.C12H20O6.C12H20O5.C10H16O5.C9H16O5.C8H14O4/c1-7-9(8-6-14-12(2,3)16-8)15-11-10(7)17-13(4,5)18-11;1-11(2)14-5-6(16-11)8-7(13)9-10(15-8)18-12(3,4)17-9;1-11(2)13-6-9(16-11)7-5-8-10(14-7)17-12(3,4)15-8;1-4-8-5-9(13-6(2)11)10(15-8)14-7(3)12;1-9(2)13-7-3-6(5(11)4-10)12-8(7)14-9;1-8(2)11-6-3-5(4-9)10-7(6)12-8/h7-11H,6H2,1-5H3;6-10,13H,5H2,1-4H3;7-10H,5-6H2,1-4H3;8-10H,4-5H2,1-3H3;5-8,10-11H,3-4H2,1-2H3;5-7,9H,3-4H2,1-2H3/t7-,8?,9-,10+,11?;6?,7-,8+,9+,10?;7-,8+,9?,10?;8-,9-,10?;5?,6-,7+,8?;5-,6+,7?/m000100/s1. The second kappa shape index (κ2) is 29.5. The quantitative estimate of drug-likeness (QED) is 0.234. The molecule has 14 rings (SSSR count). The van der Waals surface area contributed by atoms with Crippen molar-refractivity contribution < 1.29 is 144 Å². The van der Waals surface area contributed by atoms with E-state index in [0.717, 1.165) is 19.3 Å². The van der Waals surface area contributed by atoms with Crippen LogP contribution in [0, 0.1) is 5.92 Å². The summed E-state index contributed by atoms with van der Waals surface area (Å²) < 4.78 is 134. The van der Waals surface area contributed by atoms with Gasteiger partial charge < -0.3 is 134 Å². The van der Waals surface area contributed by atoms with Crippen molar-refractivity contribution in [2.75, 3.05) is 33.0 Å². The van der Waals surface area contributed by atoms with Crippen molar-refractivity contribution >= 4 is 11.9 Å². The van der Waals surface area contributed by atoms with E-state index in [0.29, 0.717) is 32.7 Å². The van der Waals surface area contributed by atoms with Crippen LogP contribution in [0.4, 0.5) is 0 Å². The minimum absolute atomic E-state index is 0.00264. The molecule has 14 aliphatic rings. The van der Waals surface area contributed by atoms with Gasteiger partial charge in [0.15, 0.2) is 83.9 Å². The second-order valence-electron chi connectivity index (χ2n) is 29.5. The lowest BCUT2D eigenvalue weighted by molar-refractivity contribution is -0.232. The van der Waals surface area contributed by atoms with E-state index in [4.69, 9.17) is 124 Å². The summed E-state index contributed by atoms with van der Waals surface area (Å²) in [4.78, 5) is 21.6. The summed E-state index contributed by atoms with van der Waals surface area (Å²) >= 11 is 0. The summed E-state index contributed by atoms with van der Waals surface area (Å²) in [5.74, 6) is -5.20. The smallest absolute Gasteiger partial charge is 0.305 e. The average Bonchev–Trinajstić information content (AvgIpc) is 1.62. The number of carbonyl (C=O) groups excluding carboxylic acids is 2. The van der Waals surface area contributed by atoms with Crippen LogP contribution in [0.25, 0.3) is 0 Å². The Labute approximate surface area is 551 Å². The number of carbonyl (C=O) groups is 2. The van der Waals surface area contributed by atoms with Gasteiger partial charge in [-0.3, -0.25) is 9.59 Å². The molecular formula is C64H108O30. The van der Waals surface area contributed by atoms with Crippen molar-refractivity contribution in [1.29, 1.82) is 0 Å². The van der Waals surface area contributed by atoms with E-state index in [1.165, 1.54) is 13.8 Å². The molecule has 10 unspecified atom stereocenters. The van der Waals surface area contributed by atoms with Crippen molar-refractivity contribution in [2.45, 2.75) is 358 Å². The van der Waals surface area contributed by atoms with Crippen LogP contribution in [-0.2, 0) is 123 Å². The molecule has 0 aromatic carbocycles. The molecule has 544 valence electrons. The summed E-state index contributed by atoms with van der Waals surface area (Å²) in [5.41, 5.74) is 0. The van der Waals surface area contributed by atoms with E-state index in [1.807, 2.05) is 104 Å². The number of hydrogen-bond donors (Lipinski definition) is 4. The average molecular weight is 1360 g/mol. The molecule has 14 saturated heterocycles. The van der Waals surface area contributed by atoms with E-state index < -0.39 is 108 Å². The number of hydrogen-bond acceptors (Lipinski definition) is 30. The van der Waals surface area contributed by atoms with Gasteiger partial charge in [-0.25, -0.2) is 0 Å². The molecule has 0 radical (unpaired) electrons. The van der Waals surface area contributed by atoms with Crippen molar-refractivity contribution in [3.63, 3.8) is 0 Å². The third kappa shape index (κ3) is 19.5. The maximum atomic E-state index is 10.8. The summed E-state index contributed by atoms with van der Waals surface area (Å²) in [6, 6.07) is 0. The fraction of sp³-hybridized carbons (Fsp3) is 0.969. The monoisotopic (exact) mass is 1360 g/mol. The van der Waals surface area contributed by atoms with Crippen LogP contribution in [0.3, 0.4) is 0 Å². The number of aliphatic hydroxyl groups excluding tert-OH is 4. The van der Waals surface area contributed by atoms with Gasteiger partial charge in [-0.15, -0.1) is 0 Å². The summed E-state index contributed by atoms with van der Waals surface area (Å²) in [5, 5.41) is 37.2. The van der Waals surface area contributed by atoms with Gasteiger partial charge in [0.1, 0.15) is 67.1 Å². The van der Waals surface area contributed by atoms with Gasteiger partial charge in [0.05, 0.1) is 63.6 Å². The Morgan fingerprint density at radius 1 is 0.426 bits per heavy atom. The number of ether oxygens (including phenoxy) is 24. The van der Waals surface area contributed by atoms with Gasteiger partial charge in [-0.1, -0.05) is 13.8 Å². The Hall–Kier alpha value is -2.10. The molecule has 24 atom stereocenters. The molecule has 4 N–H and O–H groups in total. The lowest BCUT2D eigenvalue weighted by Gasteiger charge is -2.27. The van der Waals surface area contributed by atoms with Gasteiger partial charge in [0.2, 0.25) is 6.29 Å². The Kier molecular flexibility index (Phi) is 23.9. The van der Waals surface area contributed by atoms with Gasteiger partial charge >= 0.3 is 11.9 Å². The molecule has 94 heavy (non-hydrogen) atoms. The highest BCUT2D eigenvalue weighted by Crippen LogP contribution is 2.46. The first-order valence-corrected chi connectivity index (χ1v) is 33.1. The number of rotatable bonds is 9. The van der Waals surface area contributed by atoms with E-state index in [2.05, 4.69) is 6.92 Å². The maximum absolute atomic E-state index is 10.8. The largest absolute Gasteiger partial charge is 0.456 e. The molecule has 14 fully saturated rings. The topological polar surface area (TPSA) is 337 Å². The predicted molar refractivity (Wildman–Crippen MR) is 318 cm³/mol. The lowest BCUT2D eigenvalue weighted by atomic mass is 9.97. The van der Waals surface area contributed by atoms with Crippen molar-refractivity contribution in [3.8, 4) is 0 Å². The van der Waals surface area contributed by atoms with Gasteiger partial charge in [0.25, 0.3) is 0 Å². The van der Waals surface area contributed by atoms with Crippen LogP contribution >= 0.6 is 0 Å². The first-order chi connectivity index (χ1) is 43.5. The Bertz CT molecular complexity index is 2360. The fourth-order valence-corrected chi connectivity index (χ4v) is 13.5. The Balaban J connectivity index is 0.000000134. The van der Waals surface area contributed by atoms with Crippen LogP contribution in [-0.4, -0.2) is 253 Å². The molecule has 14 heterocycles. The van der Waals surface area contributed by atoms with E-state index >= 15 is 0 Å². The Morgan fingerprint density at radius 3 is 1.29 bits per heavy atom. The molecule has 0 amide bonds. The molecule has 0 saturated carbocycles. The minimum Gasteiger partial charge on any atom is -0.456 e. The third-order valence-corrected chi connectivity index (χ3v) is 17.5. The zero-order valence-corrected chi connectivity index (χ0v) is 58.3. The molecule has 14 aliphatic heterocycles. The van der Waals surface area contributed by atoms with Crippen molar-refractivity contribution in [2.24, 2.45) is 5.92 Å². The van der Waals surface area contributed by atoms with Gasteiger partial charge in [0, 0.05) is 45.4 Å². The van der Waals surface area contributed by atoms with Crippen LogP contribution in [0.2, 0.25) is 0 Å². The molecular weight excluding hydrogens is 1250 g/mol. The highest BCUT2D eigenvalue weighted by Gasteiger charge is 2.60. The second-order valence-corrected chi connectivity index (χ2v) is 29.5. The first kappa shape index (κ1) is 76.1. The lowest BCUT2D eigenvalue weighted by Crippen LogP contribution is -2.42. The highest BCUT2D eigenvalue weighted by atomic mass is 16.9. The summed E-state index contributed by atoms with van der Waals surface area (Å²) in [6.45, 7) is 37.9. The van der Waals surface area contributed by atoms with Crippen LogP contribution in [0.1, 0.15) is 171 Å². The molecule has 30 nitrogen and oxygen atoms in total. The van der Waals surface area contributed by atoms with Crippen LogP contribution < -0.4 is 0 Å². The van der Waals surface area contributed by atoms with Gasteiger partial charge in [-0.2, -0.15) is 0 Å². The first-order valence-electron chi connectivity index (χ1n) is 33.1. The number of fused-ring (bicyclic) bond motifs is 5. The number of esters is 2. The zero-order chi connectivity index (χ0) is 69.1. The normalized spacial score (nSPS) is 44.3. The van der Waals surface area contributed by atoms with Crippen molar-refractivity contribution in [1.82, 2.24) is 0 Å². The molecule has 0 aromatic heterocycles. The molecule has 0 aromatic rings. The maximum Gasteiger partial charge on any atom is 0.305 e. The van der Waals surface area contributed by atoms with Crippen LogP contribution in [0.15, 0.2) is 0 Å². The van der Waals surface area contributed by atoms with Crippen LogP contribution in [0.5, 0.6) is 0 Å². The summed E-state index contributed by atoms with van der Waals surface area (Å²) in [6.07, 6.45) is -3.11. The molecule has 30 heteroatoms. The molecule has 0 bridgehead atoms. The minimum atomic E-state index is -0.851. The summed E-state index contributed by atoms with van der Waals surface area (Å²) in [7, 11) is 0. The molecule has 0 aliphatic carbocycles. The third-order valence-electron chi connectivity index (χ3n) is 17.5. The SMILES string of the molecule is CC1(C)OC2O[C@H](C(O)CO)C[C@H]2O1.CC1(C)OC2O[C@H](CO)C[C@H]2O1.CC1(C)OCC([C@@H]2C[C@H]3OC(C)(C)OC3O2)O1.CC1(C)OCC([C@H]2OC3OC(C)(C)O[C@@H]3[C@H]2O)O1.CC[C@@H]1C[C@@H](OC(C)=O)C(OC(C)=O)O1.C[C@H]1[C@@H](C2COC(C)(C)O2)OC2OC(C)(C)O[C@@H]21. The Morgan fingerprint density at radius 2 is 0.851 bits per heavy atom. The van der Waals surface area contributed by atoms with Crippen molar-refractivity contribution in [3.05, 3.63) is 0 Å². The van der Waals surface area contributed by atoms with E-state index in [-0.39, 0.29) is 111 Å². The zero-order valence-electron chi connectivity index (χ0n) is 58.3. The van der Waals surface area contributed by atoms with E-state index in [9.17, 15) is 19.8 Å². The predicted octanol–water partition coefficient (Wildman–Crippen LogP) is 4.29. The van der Waals surface area contributed by atoms with Gasteiger partial charge in [-0.05, 0) is 117 Å². The fourth-order valence-electron chi connectivity index (χ4n) is 13.5.